The highest BCUT2D eigenvalue weighted by atomic mass is 79.9. The van der Waals surface area contributed by atoms with E-state index in [1.165, 1.54) is 0 Å². The fourth-order valence-electron chi connectivity index (χ4n) is 3.71. The van der Waals surface area contributed by atoms with Crippen molar-refractivity contribution in [3.63, 3.8) is 0 Å². The summed E-state index contributed by atoms with van der Waals surface area (Å²) in [5.74, 6) is 0.689. The van der Waals surface area contributed by atoms with Crippen LogP contribution in [0.4, 0.5) is 22.7 Å². The molecule has 0 aliphatic carbocycles. The van der Waals surface area contributed by atoms with E-state index in [2.05, 4.69) is 63.4 Å². The van der Waals surface area contributed by atoms with E-state index in [0.29, 0.717) is 11.9 Å². The molecule has 0 bridgehead atoms. The van der Waals surface area contributed by atoms with Crippen molar-refractivity contribution in [1.82, 2.24) is 11.1 Å². The summed E-state index contributed by atoms with van der Waals surface area (Å²) in [6.07, 6.45) is 0. The van der Waals surface area contributed by atoms with Crippen LogP contribution < -0.4 is 31.3 Å². The topological polar surface area (TPSA) is 86.5 Å². The van der Waals surface area contributed by atoms with Crippen LogP contribution in [0.5, 0.6) is 0 Å². The van der Waals surface area contributed by atoms with Crippen LogP contribution in [0.15, 0.2) is 139 Å². The summed E-state index contributed by atoms with van der Waals surface area (Å²) >= 11 is 6.96. The van der Waals surface area contributed by atoms with Gasteiger partial charge in [0.05, 0.1) is 22.7 Å². The lowest BCUT2D eigenvalue weighted by Gasteiger charge is -2.21. The zero-order valence-electron chi connectivity index (χ0n) is 19.7. The third kappa shape index (κ3) is 5.15. The Kier molecular flexibility index (Phi) is 6.84. The smallest absolute Gasteiger partial charge is 0.221 e. The van der Waals surface area contributed by atoms with E-state index < -0.39 is 0 Å². The summed E-state index contributed by atoms with van der Waals surface area (Å²) in [6.45, 7) is 0. The molecule has 4 aromatic rings. The van der Waals surface area contributed by atoms with E-state index in [4.69, 9.17) is 0 Å². The Labute approximate surface area is 235 Å². The Morgan fingerprint density at radius 1 is 0.474 bits per heavy atom. The predicted octanol–water partition coefficient (Wildman–Crippen LogP) is 6.40. The quantitative estimate of drug-likeness (QED) is 0.254. The van der Waals surface area contributed by atoms with Gasteiger partial charge >= 0.3 is 0 Å². The first kappa shape index (κ1) is 24.2. The maximum Gasteiger partial charge on any atom is 0.284 e. The Hall–Kier alpha value is -4.10. The van der Waals surface area contributed by atoms with E-state index in [9.17, 15) is 0 Å². The number of guanidine groups is 2. The van der Waals surface area contributed by atoms with Crippen molar-refractivity contribution in [2.45, 2.75) is 0 Å². The molecule has 0 saturated carbocycles. The van der Waals surface area contributed by atoms with Gasteiger partial charge in [-0.3, -0.25) is 0 Å². The molecule has 0 amide bonds. The number of benzene rings is 4. The van der Waals surface area contributed by atoms with Gasteiger partial charge < -0.3 is 0 Å². The normalized spacial score (nSPS) is 15.4. The number of halogens is 2. The van der Waals surface area contributed by atoms with E-state index in [-0.39, 0.29) is 0 Å². The molecule has 6 rings (SSSR count). The van der Waals surface area contributed by atoms with Crippen molar-refractivity contribution in [2.24, 2.45) is 20.4 Å². The minimum atomic E-state index is 0.344. The van der Waals surface area contributed by atoms with Gasteiger partial charge in [-0.25, -0.2) is 10.0 Å². The molecular formula is C26H20Br2N10. The predicted molar refractivity (Wildman–Crippen MR) is 157 cm³/mol. The van der Waals surface area contributed by atoms with Gasteiger partial charge in [0.2, 0.25) is 0 Å². The molecule has 2 N–H and O–H groups in total. The minimum Gasteiger partial charge on any atom is -0.221 e. The van der Waals surface area contributed by atoms with Crippen LogP contribution in [-0.4, -0.2) is 11.9 Å². The van der Waals surface area contributed by atoms with Gasteiger partial charge in [-0.05, 0) is 72.8 Å². The SMILES string of the molecule is Brc1ccc(N2N=C(/N=N/C3=NN(c4ccc(Br)cc4)NN3c3ccccc3)N(c3ccccc3)N2)cc1. The maximum absolute atomic E-state index is 4.67. The van der Waals surface area contributed by atoms with Gasteiger partial charge in [-0.15, -0.1) is 31.5 Å². The molecule has 0 atom stereocenters. The molecular weight excluding hydrogens is 612 g/mol. The molecule has 0 fully saturated rings. The summed E-state index contributed by atoms with van der Waals surface area (Å²) in [4.78, 5) is 0. The van der Waals surface area contributed by atoms with Crippen LogP contribution in [0.25, 0.3) is 0 Å². The second-order valence-electron chi connectivity index (χ2n) is 8.12. The van der Waals surface area contributed by atoms with Crippen LogP contribution in [0.2, 0.25) is 0 Å². The van der Waals surface area contributed by atoms with E-state index >= 15 is 0 Å². The van der Waals surface area contributed by atoms with E-state index in [1.54, 1.807) is 20.3 Å². The Balaban J connectivity index is 1.34. The molecule has 4 aromatic carbocycles. The molecule has 0 saturated heterocycles. The molecule has 2 aliphatic rings. The first-order valence-electron chi connectivity index (χ1n) is 11.6. The standard InChI is InChI=1S/C26H20Br2N10/c27-19-11-15-23(16-12-19)37-31-25(35(33-37)21-7-3-1-4-8-21)29-30-26-32-38(24-17-13-20(28)14-18-24)34-36(26)22-9-5-2-6-10-22/h1-18,33-34H/b30-29+. The number of nitrogens with zero attached hydrogens (tertiary/aromatic N) is 8. The number of azo groups is 1. The lowest BCUT2D eigenvalue weighted by Crippen LogP contribution is -2.43. The fraction of sp³-hybridized carbons (Fsp3) is 0. The van der Waals surface area contributed by atoms with Crippen LogP contribution in [0.3, 0.4) is 0 Å². The summed E-state index contributed by atoms with van der Waals surface area (Å²) in [7, 11) is 0. The molecule has 188 valence electrons. The van der Waals surface area contributed by atoms with E-state index in [0.717, 1.165) is 31.7 Å². The second-order valence-corrected chi connectivity index (χ2v) is 9.95. The lowest BCUT2D eigenvalue weighted by molar-refractivity contribution is 0.717. The fourth-order valence-corrected chi connectivity index (χ4v) is 4.24. The van der Waals surface area contributed by atoms with Gasteiger partial charge in [0.25, 0.3) is 11.9 Å². The van der Waals surface area contributed by atoms with E-state index in [1.807, 2.05) is 109 Å². The number of hydrazine groups is 4. The van der Waals surface area contributed by atoms with Crippen molar-refractivity contribution < 1.29 is 0 Å². The highest BCUT2D eigenvalue weighted by Gasteiger charge is 2.28. The molecule has 0 spiro atoms. The van der Waals surface area contributed by atoms with Crippen molar-refractivity contribution in [3.8, 4) is 0 Å². The van der Waals surface area contributed by atoms with Crippen molar-refractivity contribution in [3.05, 3.63) is 118 Å². The molecule has 10 nitrogen and oxygen atoms in total. The Bertz CT molecular complexity index is 1380. The first-order chi connectivity index (χ1) is 18.6. The molecule has 0 unspecified atom stereocenters. The highest BCUT2D eigenvalue weighted by molar-refractivity contribution is 9.10. The maximum atomic E-state index is 4.67. The second kappa shape index (κ2) is 10.7. The average Bonchev–Trinajstić information content (AvgIpc) is 3.59. The molecule has 2 aliphatic heterocycles. The Morgan fingerprint density at radius 3 is 1.21 bits per heavy atom. The lowest BCUT2D eigenvalue weighted by atomic mass is 10.3. The average molecular weight is 632 g/mol. The number of rotatable bonds is 4. The van der Waals surface area contributed by atoms with Crippen LogP contribution in [0.1, 0.15) is 0 Å². The number of anilines is 4. The first-order valence-corrected chi connectivity index (χ1v) is 13.2. The number of nitrogens with one attached hydrogen (secondary N) is 2. The number of hydrogen-bond acceptors (Lipinski definition) is 10. The number of para-hydroxylation sites is 2. The van der Waals surface area contributed by atoms with Gasteiger partial charge in [0, 0.05) is 8.95 Å². The minimum absolute atomic E-state index is 0.344. The van der Waals surface area contributed by atoms with Gasteiger partial charge in [0.15, 0.2) is 0 Å². The van der Waals surface area contributed by atoms with Crippen LogP contribution in [0, 0.1) is 0 Å². The molecule has 0 radical (unpaired) electrons. The van der Waals surface area contributed by atoms with Crippen molar-refractivity contribution in [1.29, 1.82) is 0 Å². The third-order valence-electron chi connectivity index (χ3n) is 5.57. The summed E-state index contributed by atoms with van der Waals surface area (Å²) in [6, 6.07) is 35.1. The highest BCUT2D eigenvalue weighted by Crippen LogP contribution is 2.25. The van der Waals surface area contributed by atoms with Crippen molar-refractivity contribution >= 4 is 66.5 Å². The summed E-state index contributed by atoms with van der Waals surface area (Å²) < 4.78 is 1.96. The molecule has 2 heterocycles. The van der Waals surface area contributed by atoms with Crippen LogP contribution >= 0.6 is 31.9 Å². The van der Waals surface area contributed by atoms with Crippen molar-refractivity contribution in [2.75, 3.05) is 20.3 Å². The van der Waals surface area contributed by atoms with Gasteiger partial charge in [0.1, 0.15) is 0 Å². The monoisotopic (exact) mass is 630 g/mol. The van der Waals surface area contributed by atoms with Crippen LogP contribution in [-0.2, 0) is 0 Å². The number of hydrogen-bond donors (Lipinski definition) is 2. The number of hydrazone groups is 2. The zero-order valence-corrected chi connectivity index (χ0v) is 22.9. The third-order valence-corrected chi connectivity index (χ3v) is 6.63. The molecule has 38 heavy (non-hydrogen) atoms. The van der Waals surface area contributed by atoms with Gasteiger partial charge in [-0.2, -0.15) is 10.2 Å². The summed E-state index contributed by atoms with van der Waals surface area (Å²) in [5, 5.41) is 25.2. The largest absolute Gasteiger partial charge is 0.284 e. The molecule has 12 heteroatoms. The van der Waals surface area contributed by atoms with Gasteiger partial charge in [-0.1, -0.05) is 68.3 Å². The zero-order chi connectivity index (χ0) is 25.9. The summed E-state index contributed by atoms with van der Waals surface area (Å²) in [5.41, 5.74) is 9.91. The molecule has 0 aromatic heterocycles. The Morgan fingerprint density at radius 2 is 0.842 bits per heavy atom.